The molecule has 0 saturated heterocycles. The molecule has 0 aliphatic heterocycles. The second kappa shape index (κ2) is 10.3. The van der Waals surface area contributed by atoms with Gasteiger partial charge in [-0.05, 0) is 48.2 Å². The number of carboxylic acid groups (broad SMARTS) is 2. The Balaban J connectivity index is 1.90. The van der Waals surface area contributed by atoms with Crippen LogP contribution in [0.15, 0.2) is 54.6 Å². The fraction of sp³-hybridized carbons (Fsp3) is 0.308. The van der Waals surface area contributed by atoms with Crippen LogP contribution in [0.25, 0.3) is 22.2 Å². The Bertz CT molecular complexity index is 1170. The van der Waals surface area contributed by atoms with Crippen LogP contribution in [-0.2, 0) is 16.1 Å². The second-order valence-electron chi connectivity index (χ2n) is 8.40. The Morgan fingerprint density at radius 3 is 2.24 bits per heavy atom. The number of hydrogen-bond acceptors (Lipinski definition) is 4. The first kappa shape index (κ1) is 23.9. The number of nitrogens with zero attached hydrogens (tertiary/aromatic N) is 2. The zero-order chi connectivity index (χ0) is 24.1. The summed E-state index contributed by atoms with van der Waals surface area (Å²) < 4.78 is 0. The number of aromatic nitrogens is 1. The number of amides is 1. The third-order valence-corrected chi connectivity index (χ3v) is 5.54. The summed E-state index contributed by atoms with van der Waals surface area (Å²) in [5, 5.41) is 19.7. The summed E-state index contributed by atoms with van der Waals surface area (Å²) >= 11 is 0. The minimum absolute atomic E-state index is 0.169. The normalized spacial score (nSPS) is 12.0. The molecule has 1 amide bonds. The number of benzene rings is 2. The molecule has 1 atom stereocenters. The number of hydrogen-bond donors (Lipinski definition) is 2. The molecule has 2 N–H and O–H groups in total. The standard InChI is InChI=1S/C26H28N2O5/c1-4-5-23(29)28(24(16(2)3)26(32)33)15-17-6-12-22-20(14-17)11-13-21(27-22)18-7-9-19(10-8-18)25(30)31/h6-14,16,24H,4-5,15H2,1-3H3,(H,30,31)(H,32,33). The number of carbonyl (C=O) groups is 3. The van der Waals surface area contributed by atoms with Gasteiger partial charge >= 0.3 is 11.9 Å². The molecule has 0 bridgehead atoms. The SMILES string of the molecule is CCCC(=O)N(Cc1ccc2nc(-c3ccc(C(=O)O)cc3)ccc2c1)C(C(=O)O)C(C)C. The topological polar surface area (TPSA) is 108 Å². The van der Waals surface area contributed by atoms with E-state index in [2.05, 4.69) is 4.98 Å². The van der Waals surface area contributed by atoms with Crippen molar-refractivity contribution in [2.24, 2.45) is 5.92 Å². The van der Waals surface area contributed by atoms with Crippen LogP contribution in [0.2, 0.25) is 0 Å². The summed E-state index contributed by atoms with van der Waals surface area (Å²) in [6.07, 6.45) is 0.952. The highest BCUT2D eigenvalue weighted by molar-refractivity contribution is 5.88. The first-order valence-electron chi connectivity index (χ1n) is 11.0. The maximum absolute atomic E-state index is 12.7. The number of aromatic carboxylic acids is 1. The van der Waals surface area contributed by atoms with E-state index >= 15 is 0 Å². The van der Waals surface area contributed by atoms with Crippen molar-refractivity contribution in [1.82, 2.24) is 9.88 Å². The Labute approximate surface area is 192 Å². The Morgan fingerprint density at radius 1 is 0.970 bits per heavy atom. The Morgan fingerprint density at radius 2 is 1.67 bits per heavy atom. The fourth-order valence-electron chi connectivity index (χ4n) is 3.89. The largest absolute Gasteiger partial charge is 0.480 e. The predicted molar refractivity (Wildman–Crippen MR) is 126 cm³/mol. The first-order valence-corrected chi connectivity index (χ1v) is 11.0. The number of carbonyl (C=O) groups excluding carboxylic acids is 1. The van der Waals surface area contributed by atoms with Gasteiger partial charge in [0.25, 0.3) is 0 Å². The van der Waals surface area contributed by atoms with E-state index in [-0.39, 0.29) is 23.9 Å². The molecule has 0 saturated carbocycles. The van der Waals surface area contributed by atoms with E-state index in [4.69, 9.17) is 5.11 Å². The van der Waals surface area contributed by atoms with E-state index in [0.717, 1.165) is 27.7 Å². The van der Waals surface area contributed by atoms with Crippen LogP contribution in [0, 0.1) is 5.92 Å². The average Bonchev–Trinajstić information content (AvgIpc) is 2.78. The van der Waals surface area contributed by atoms with Crippen LogP contribution in [0.5, 0.6) is 0 Å². The van der Waals surface area contributed by atoms with Gasteiger partial charge in [-0.1, -0.05) is 45.0 Å². The summed E-state index contributed by atoms with van der Waals surface area (Å²) in [4.78, 5) is 41.8. The van der Waals surface area contributed by atoms with Crippen LogP contribution >= 0.6 is 0 Å². The molecule has 2 aromatic carbocycles. The van der Waals surface area contributed by atoms with Crippen LogP contribution in [0.4, 0.5) is 0 Å². The van der Waals surface area contributed by atoms with Crippen molar-refractivity contribution < 1.29 is 24.6 Å². The Hall–Kier alpha value is -3.74. The van der Waals surface area contributed by atoms with Crippen molar-refractivity contribution in [3.63, 3.8) is 0 Å². The maximum Gasteiger partial charge on any atom is 0.335 e. The van der Waals surface area contributed by atoms with E-state index in [1.807, 2.05) is 37.3 Å². The summed E-state index contributed by atoms with van der Waals surface area (Å²) in [5.74, 6) is -2.37. The zero-order valence-electron chi connectivity index (χ0n) is 19.0. The van der Waals surface area contributed by atoms with Crippen molar-refractivity contribution in [3.05, 3.63) is 65.7 Å². The highest BCUT2D eigenvalue weighted by Crippen LogP contribution is 2.24. The van der Waals surface area contributed by atoms with E-state index in [9.17, 15) is 19.5 Å². The summed E-state index contributed by atoms with van der Waals surface area (Å²) in [6, 6.07) is 15.1. The number of rotatable bonds is 9. The monoisotopic (exact) mass is 448 g/mol. The molecule has 172 valence electrons. The first-order chi connectivity index (χ1) is 15.7. The van der Waals surface area contributed by atoms with Gasteiger partial charge in [-0.2, -0.15) is 0 Å². The molecule has 7 nitrogen and oxygen atoms in total. The van der Waals surface area contributed by atoms with Crippen molar-refractivity contribution in [3.8, 4) is 11.3 Å². The molecule has 0 aliphatic carbocycles. The van der Waals surface area contributed by atoms with Crippen LogP contribution in [0.1, 0.15) is 49.5 Å². The van der Waals surface area contributed by atoms with Crippen molar-refractivity contribution in [1.29, 1.82) is 0 Å². The van der Waals surface area contributed by atoms with Gasteiger partial charge in [0, 0.05) is 23.9 Å². The van der Waals surface area contributed by atoms with E-state index in [0.29, 0.717) is 12.8 Å². The zero-order valence-corrected chi connectivity index (χ0v) is 19.0. The van der Waals surface area contributed by atoms with Gasteiger partial charge in [0.15, 0.2) is 0 Å². The Kier molecular flexibility index (Phi) is 7.43. The molecule has 1 unspecified atom stereocenters. The third-order valence-electron chi connectivity index (χ3n) is 5.54. The van der Waals surface area contributed by atoms with Crippen molar-refractivity contribution in [2.75, 3.05) is 0 Å². The predicted octanol–water partition coefficient (Wildman–Crippen LogP) is 4.84. The van der Waals surface area contributed by atoms with Crippen molar-refractivity contribution in [2.45, 2.75) is 46.2 Å². The highest BCUT2D eigenvalue weighted by atomic mass is 16.4. The lowest BCUT2D eigenvalue weighted by Gasteiger charge is -2.31. The molecule has 33 heavy (non-hydrogen) atoms. The molecular formula is C26H28N2O5. The molecule has 1 heterocycles. The summed E-state index contributed by atoms with van der Waals surface area (Å²) in [7, 11) is 0. The van der Waals surface area contributed by atoms with Gasteiger partial charge in [0.2, 0.25) is 5.91 Å². The highest BCUT2D eigenvalue weighted by Gasteiger charge is 2.31. The summed E-state index contributed by atoms with van der Waals surface area (Å²) in [6.45, 7) is 5.72. The van der Waals surface area contributed by atoms with Crippen LogP contribution in [-0.4, -0.2) is 44.0 Å². The number of aliphatic carboxylic acids is 1. The third kappa shape index (κ3) is 5.55. The maximum atomic E-state index is 12.7. The lowest BCUT2D eigenvalue weighted by molar-refractivity contribution is -0.153. The molecule has 1 aromatic heterocycles. The van der Waals surface area contributed by atoms with Crippen LogP contribution in [0.3, 0.4) is 0 Å². The molecule has 3 rings (SSSR count). The van der Waals surface area contributed by atoms with E-state index in [1.54, 1.807) is 38.1 Å². The summed E-state index contributed by atoms with van der Waals surface area (Å²) in [5.41, 5.74) is 3.33. The van der Waals surface area contributed by atoms with Crippen LogP contribution < -0.4 is 0 Å². The molecule has 0 spiro atoms. The van der Waals surface area contributed by atoms with Crippen molar-refractivity contribution >= 4 is 28.7 Å². The van der Waals surface area contributed by atoms with Gasteiger partial charge in [-0.3, -0.25) is 4.79 Å². The average molecular weight is 449 g/mol. The van der Waals surface area contributed by atoms with E-state index < -0.39 is 18.0 Å². The molecular weight excluding hydrogens is 420 g/mol. The molecule has 0 aliphatic rings. The fourth-order valence-corrected chi connectivity index (χ4v) is 3.89. The van der Waals surface area contributed by atoms with Gasteiger partial charge in [0.05, 0.1) is 16.8 Å². The number of pyridine rings is 1. The second-order valence-corrected chi connectivity index (χ2v) is 8.40. The quantitative estimate of drug-likeness (QED) is 0.485. The molecule has 7 heteroatoms. The molecule has 0 fully saturated rings. The minimum Gasteiger partial charge on any atom is -0.480 e. The van der Waals surface area contributed by atoms with Gasteiger partial charge in [-0.15, -0.1) is 0 Å². The number of fused-ring (bicyclic) bond motifs is 1. The van der Waals surface area contributed by atoms with Gasteiger partial charge < -0.3 is 15.1 Å². The minimum atomic E-state index is -1.00. The number of carboxylic acids is 2. The molecule has 3 aromatic rings. The lowest BCUT2D eigenvalue weighted by Crippen LogP contribution is -2.47. The van der Waals surface area contributed by atoms with Gasteiger partial charge in [0.1, 0.15) is 6.04 Å². The van der Waals surface area contributed by atoms with E-state index in [1.165, 1.54) is 4.90 Å². The van der Waals surface area contributed by atoms with Gasteiger partial charge in [-0.25, -0.2) is 14.6 Å². The lowest BCUT2D eigenvalue weighted by atomic mass is 10.0. The molecule has 0 radical (unpaired) electrons. The smallest absolute Gasteiger partial charge is 0.335 e.